The number of rotatable bonds is 7. The van der Waals surface area contributed by atoms with Crippen molar-refractivity contribution in [2.24, 2.45) is 0 Å². The Morgan fingerprint density at radius 3 is 2.83 bits per heavy atom. The van der Waals surface area contributed by atoms with Gasteiger partial charge in [-0.1, -0.05) is 12.1 Å². The van der Waals surface area contributed by atoms with Crippen LogP contribution in [0.5, 0.6) is 5.75 Å². The van der Waals surface area contributed by atoms with Crippen LogP contribution in [0.25, 0.3) is 0 Å². The Morgan fingerprint density at radius 1 is 1.50 bits per heavy atom. The predicted octanol–water partition coefficient (Wildman–Crippen LogP) is 1.01. The van der Waals surface area contributed by atoms with Crippen LogP contribution in [0.2, 0.25) is 0 Å². The maximum atomic E-state index is 10.7. The van der Waals surface area contributed by atoms with Crippen LogP contribution < -0.4 is 10.1 Å². The normalized spacial score (nSPS) is 13.9. The number of carboxylic acid groups (broad SMARTS) is 1. The number of carboxylic acids is 1. The van der Waals surface area contributed by atoms with Gasteiger partial charge in [-0.15, -0.1) is 0 Å². The minimum Gasteiger partial charge on any atom is -0.494 e. The number of carbonyl (C=O) groups is 1. The molecule has 0 saturated heterocycles. The second-order valence-corrected chi connectivity index (χ2v) is 4.26. The summed E-state index contributed by atoms with van der Waals surface area (Å²) in [7, 11) is 0. The monoisotopic (exact) mass is 253 g/mol. The lowest BCUT2D eigenvalue weighted by atomic mass is 10.1. The van der Waals surface area contributed by atoms with Crippen LogP contribution in [-0.2, 0) is 11.3 Å². The van der Waals surface area contributed by atoms with Gasteiger partial charge < -0.3 is 20.3 Å². The average Bonchev–Trinajstić information content (AvgIpc) is 2.29. The molecule has 0 radical (unpaired) electrons. The minimum atomic E-state index is -1.75. The Hall–Kier alpha value is -1.59. The van der Waals surface area contributed by atoms with Crippen LogP contribution in [-0.4, -0.2) is 34.9 Å². The van der Waals surface area contributed by atoms with E-state index in [0.717, 1.165) is 11.3 Å². The molecule has 0 bridgehead atoms. The highest BCUT2D eigenvalue weighted by Gasteiger charge is 2.28. The lowest BCUT2D eigenvalue weighted by Crippen LogP contribution is -2.44. The maximum absolute atomic E-state index is 10.7. The molecule has 18 heavy (non-hydrogen) atoms. The van der Waals surface area contributed by atoms with Gasteiger partial charge in [0.25, 0.3) is 0 Å². The Balaban J connectivity index is 2.49. The van der Waals surface area contributed by atoms with Crippen molar-refractivity contribution >= 4 is 5.97 Å². The summed E-state index contributed by atoms with van der Waals surface area (Å²) in [6.45, 7) is 4.24. The van der Waals surface area contributed by atoms with Gasteiger partial charge in [0.05, 0.1) is 6.61 Å². The van der Waals surface area contributed by atoms with Gasteiger partial charge in [-0.2, -0.15) is 0 Å². The van der Waals surface area contributed by atoms with Gasteiger partial charge in [0.15, 0.2) is 5.60 Å². The van der Waals surface area contributed by atoms with Crippen molar-refractivity contribution in [1.82, 2.24) is 5.32 Å². The van der Waals surface area contributed by atoms with Crippen molar-refractivity contribution in [1.29, 1.82) is 0 Å². The molecule has 5 heteroatoms. The summed E-state index contributed by atoms with van der Waals surface area (Å²) in [5, 5.41) is 21.2. The summed E-state index contributed by atoms with van der Waals surface area (Å²) in [6, 6.07) is 7.52. The van der Waals surface area contributed by atoms with Crippen LogP contribution >= 0.6 is 0 Å². The lowest BCUT2D eigenvalue weighted by Gasteiger charge is -2.18. The number of hydrogen-bond acceptors (Lipinski definition) is 4. The third-order valence-corrected chi connectivity index (χ3v) is 2.47. The van der Waals surface area contributed by atoms with Gasteiger partial charge in [0, 0.05) is 13.1 Å². The summed E-state index contributed by atoms with van der Waals surface area (Å²) in [6.07, 6.45) is 0. The fourth-order valence-corrected chi connectivity index (χ4v) is 1.44. The van der Waals surface area contributed by atoms with Crippen LogP contribution in [0.1, 0.15) is 19.4 Å². The molecule has 1 rings (SSSR count). The van der Waals surface area contributed by atoms with E-state index in [1.54, 1.807) is 0 Å². The molecular formula is C13H19NO4. The highest BCUT2D eigenvalue weighted by molar-refractivity contribution is 5.76. The summed E-state index contributed by atoms with van der Waals surface area (Å²) < 4.78 is 5.36. The van der Waals surface area contributed by atoms with E-state index in [1.807, 2.05) is 31.2 Å². The summed E-state index contributed by atoms with van der Waals surface area (Å²) in [5.74, 6) is -0.458. The molecule has 0 aliphatic rings. The number of ether oxygens (including phenoxy) is 1. The Morgan fingerprint density at radius 2 is 2.22 bits per heavy atom. The Labute approximate surface area is 106 Å². The van der Waals surface area contributed by atoms with Crippen LogP contribution in [0.15, 0.2) is 24.3 Å². The van der Waals surface area contributed by atoms with Crippen molar-refractivity contribution in [2.75, 3.05) is 13.2 Å². The molecular weight excluding hydrogens is 234 g/mol. The van der Waals surface area contributed by atoms with Gasteiger partial charge in [-0.05, 0) is 31.5 Å². The highest BCUT2D eigenvalue weighted by Crippen LogP contribution is 2.13. The molecule has 1 atom stereocenters. The molecule has 0 amide bonds. The second kappa shape index (κ2) is 6.37. The summed E-state index contributed by atoms with van der Waals surface area (Å²) >= 11 is 0. The van der Waals surface area contributed by atoms with E-state index < -0.39 is 11.6 Å². The van der Waals surface area contributed by atoms with Gasteiger partial charge in [0.1, 0.15) is 5.75 Å². The number of aliphatic hydroxyl groups is 1. The molecule has 0 spiro atoms. The highest BCUT2D eigenvalue weighted by atomic mass is 16.5. The molecule has 0 fully saturated rings. The van der Waals surface area contributed by atoms with Crippen LogP contribution in [0, 0.1) is 0 Å². The Bertz CT molecular complexity index is 404. The topological polar surface area (TPSA) is 78.8 Å². The molecule has 0 aliphatic carbocycles. The van der Waals surface area contributed by atoms with E-state index in [1.165, 1.54) is 6.92 Å². The fraction of sp³-hybridized carbons (Fsp3) is 0.462. The van der Waals surface area contributed by atoms with Crippen molar-refractivity contribution < 1.29 is 19.7 Å². The van der Waals surface area contributed by atoms with Crippen molar-refractivity contribution in [3.05, 3.63) is 29.8 Å². The smallest absolute Gasteiger partial charge is 0.336 e. The number of nitrogens with one attached hydrogen (secondary N) is 1. The van der Waals surface area contributed by atoms with E-state index in [-0.39, 0.29) is 6.54 Å². The maximum Gasteiger partial charge on any atom is 0.336 e. The van der Waals surface area contributed by atoms with Gasteiger partial charge in [-0.3, -0.25) is 0 Å². The van der Waals surface area contributed by atoms with Crippen LogP contribution in [0.3, 0.4) is 0 Å². The summed E-state index contributed by atoms with van der Waals surface area (Å²) in [5.41, 5.74) is -0.778. The molecule has 0 saturated carbocycles. The van der Waals surface area contributed by atoms with E-state index in [0.29, 0.717) is 13.2 Å². The standard InChI is InChI=1S/C13H19NO4/c1-3-18-11-6-4-5-10(7-11)8-14-9-13(2,17)12(15)16/h4-7,14,17H,3,8-9H2,1-2H3,(H,15,16). The first-order valence-electron chi connectivity index (χ1n) is 5.84. The molecule has 1 unspecified atom stereocenters. The molecule has 0 aromatic heterocycles. The third kappa shape index (κ3) is 4.35. The average molecular weight is 253 g/mol. The third-order valence-electron chi connectivity index (χ3n) is 2.47. The Kier molecular flexibility index (Phi) is 5.12. The first-order chi connectivity index (χ1) is 8.45. The van der Waals surface area contributed by atoms with E-state index >= 15 is 0 Å². The largest absolute Gasteiger partial charge is 0.494 e. The van der Waals surface area contributed by atoms with E-state index in [4.69, 9.17) is 9.84 Å². The zero-order valence-electron chi connectivity index (χ0n) is 10.6. The van der Waals surface area contributed by atoms with Crippen molar-refractivity contribution in [2.45, 2.75) is 26.0 Å². The van der Waals surface area contributed by atoms with Gasteiger partial charge >= 0.3 is 5.97 Å². The second-order valence-electron chi connectivity index (χ2n) is 4.26. The zero-order valence-corrected chi connectivity index (χ0v) is 10.6. The predicted molar refractivity (Wildman–Crippen MR) is 67.6 cm³/mol. The zero-order chi connectivity index (χ0) is 13.6. The molecule has 0 heterocycles. The fourth-order valence-electron chi connectivity index (χ4n) is 1.44. The lowest BCUT2D eigenvalue weighted by molar-refractivity contribution is -0.156. The first kappa shape index (κ1) is 14.5. The SMILES string of the molecule is CCOc1cccc(CNCC(C)(O)C(=O)O)c1. The van der Waals surface area contributed by atoms with Crippen LogP contribution in [0.4, 0.5) is 0 Å². The van der Waals surface area contributed by atoms with E-state index in [2.05, 4.69) is 5.32 Å². The van der Waals surface area contributed by atoms with Gasteiger partial charge in [-0.25, -0.2) is 4.79 Å². The molecule has 0 aliphatic heterocycles. The number of benzene rings is 1. The van der Waals surface area contributed by atoms with Crippen molar-refractivity contribution in [3.63, 3.8) is 0 Å². The molecule has 1 aromatic rings. The quantitative estimate of drug-likeness (QED) is 0.676. The first-order valence-corrected chi connectivity index (χ1v) is 5.84. The molecule has 5 nitrogen and oxygen atoms in total. The van der Waals surface area contributed by atoms with E-state index in [9.17, 15) is 9.90 Å². The van der Waals surface area contributed by atoms with Gasteiger partial charge in [0.2, 0.25) is 0 Å². The van der Waals surface area contributed by atoms with Crippen molar-refractivity contribution in [3.8, 4) is 5.75 Å². The molecule has 100 valence electrons. The summed E-state index contributed by atoms with van der Waals surface area (Å²) in [4.78, 5) is 10.7. The minimum absolute atomic E-state index is 0.0127. The number of hydrogen-bond donors (Lipinski definition) is 3. The number of aliphatic carboxylic acids is 1. The molecule has 3 N–H and O–H groups in total. The molecule has 1 aromatic carbocycles.